The number of allylic oxidation sites excluding steroid dienone is 2. The normalized spacial score (nSPS) is 26.7. The number of para-hydroxylation sites is 2. The van der Waals surface area contributed by atoms with Crippen molar-refractivity contribution in [3.8, 4) is 0 Å². The first-order valence-electron chi connectivity index (χ1n) is 14.7. The SMILES string of the molecule is C=C1C2CC1C2=CN1[C@@H]2CCC[C@H]1C[C@@H](n1c(=O)c(/C(=N/OCC(=O)N(CC)CC)C(=O)O)nc3ccccc31)C2. The van der Waals surface area contributed by atoms with E-state index in [0.717, 1.165) is 32.1 Å². The van der Waals surface area contributed by atoms with Gasteiger partial charge in [0.15, 0.2) is 12.3 Å². The van der Waals surface area contributed by atoms with Crippen molar-refractivity contribution in [2.45, 2.75) is 70.5 Å². The Morgan fingerprint density at radius 2 is 1.80 bits per heavy atom. The number of carboxylic acids is 1. The number of carbonyl (C=O) groups is 2. The van der Waals surface area contributed by atoms with Crippen molar-refractivity contribution in [3.63, 3.8) is 0 Å². The summed E-state index contributed by atoms with van der Waals surface area (Å²) in [4.78, 5) is 52.3. The van der Waals surface area contributed by atoms with Gasteiger partial charge in [0.1, 0.15) is 0 Å². The molecule has 2 aliphatic heterocycles. The van der Waals surface area contributed by atoms with Gasteiger partial charge in [-0.2, -0.15) is 0 Å². The zero-order valence-corrected chi connectivity index (χ0v) is 23.7. The van der Waals surface area contributed by atoms with Crippen LogP contribution in [0.3, 0.4) is 0 Å². The molecule has 5 fully saturated rings. The van der Waals surface area contributed by atoms with Gasteiger partial charge in [0, 0.05) is 49.3 Å². The standard InChI is InChI=1S/C31H37N5O5/c1-4-34(5-2)27(37)17-41-33-29(31(39)40)28-30(38)36(26-12-7-6-11-25(26)32-28)21-13-19-9-8-10-20(14-21)35(19)16-24-22-15-23(24)18(22)3/h6-7,11-12,16,19-23H,3-5,8-10,13-15,17H2,1-2H3,(H,39,40)/b24-16?,33-29-/t19-,20+,21+,22?,23?. The van der Waals surface area contributed by atoms with Gasteiger partial charge in [0.2, 0.25) is 5.71 Å². The number of fused-ring (bicyclic) bond motifs is 3. The summed E-state index contributed by atoms with van der Waals surface area (Å²) in [5.74, 6) is -0.633. The lowest BCUT2D eigenvalue weighted by molar-refractivity contribution is -0.136. The molecule has 10 heteroatoms. The molecule has 3 aliphatic carbocycles. The maximum Gasteiger partial charge on any atom is 0.360 e. The molecule has 1 aromatic carbocycles. The van der Waals surface area contributed by atoms with Crippen LogP contribution in [0.15, 0.2) is 58.1 Å². The van der Waals surface area contributed by atoms with Crippen molar-refractivity contribution in [2.24, 2.45) is 17.0 Å². The van der Waals surface area contributed by atoms with Crippen LogP contribution in [0.5, 0.6) is 0 Å². The molecular weight excluding hydrogens is 522 g/mol. The minimum absolute atomic E-state index is 0.106. The second-order valence-electron chi connectivity index (χ2n) is 11.6. The molecule has 7 rings (SSSR count). The number of carboxylic acid groups (broad SMARTS) is 1. The van der Waals surface area contributed by atoms with Gasteiger partial charge in [-0.25, -0.2) is 9.78 Å². The molecule has 41 heavy (non-hydrogen) atoms. The number of hydrogen-bond acceptors (Lipinski definition) is 7. The lowest BCUT2D eigenvalue weighted by Crippen LogP contribution is -2.53. The summed E-state index contributed by atoms with van der Waals surface area (Å²) in [5.41, 5.74) is 2.68. The van der Waals surface area contributed by atoms with Crippen LogP contribution in [0.1, 0.15) is 64.1 Å². The predicted molar refractivity (Wildman–Crippen MR) is 154 cm³/mol. The number of hydrogen-bond donors (Lipinski definition) is 1. The van der Waals surface area contributed by atoms with Gasteiger partial charge < -0.3 is 24.3 Å². The summed E-state index contributed by atoms with van der Waals surface area (Å²) in [6.45, 7) is 8.46. The fourth-order valence-electron chi connectivity index (χ4n) is 7.14. The van der Waals surface area contributed by atoms with Crippen LogP contribution in [0.25, 0.3) is 11.0 Å². The Hall–Kier alpha value is -3.95. The minimum atomic E-state index is -1.44. The van der Waals surface area contributed by atoms with E-state index in [1.165, 1.54) is 17.6 Å². The van der Waals surface area contributed by atoms with E-state index in [1.54, 1.807) is 15.5 Å². The van der Waals surface area contributed by atoms with Crippen molar-refractivity contribution in [1.29, 1.82) is 0 Å². The summed E-state index contributed by atoms with van der Waals surface area (Å²) in [7, 11) is 0. The van der Waals surface area contributed by atoms with Gasteiger partial charge in [0.25, 0.3) is 11.5 Å². The van der Waals surface area contributed by atoms with Gasteiger partial charge >= 0.3 is 5.97 Å². The Bertz CT molecular complexity index is 1490. The molecule has 5 atom stereocenters. The average molecular weight is 560 g/mol. The summed E-state index contributed by atoms with van der Waals surface area (Å²) >= 11 is 0. The van der Waals surface area contributed by atoms with Gasteiger partial charge in [-0.1, -0.05) is 29.4 Å². The summed E-state index contributed by atoms with van der Waals surface area (Å²) < 4.78 is 1.73. The first-order valence-corrected chi connectivity index (χ1v) is 14.7. The monoisotopic (exact) mass is 559 g/mol. The number of benzene rings is 1. The second-order valence-corrected chi connectivity index (χ2v) is 11.6. The van der Waals surface area contributed by atoms with Crippen LogP contribution in [-0.4, -0.2) is 73.8 Å². The van der Waals surface area contributed by atoms with Gasteiger partial charge in [-0.15, -0.1) is 0 Å². The van der Waals surface area contributed by atoms with Crippen LogP contribution in [0.2, 0.25) is 0 Å². The Morgan fingerprint density at radius 3 is 2.41 bits per heavy atom. The highest BCUT2D eigenvalue weighted by molar-refractivity contribution is 6.41. The summed E-state index contributed by atoms with van der Waals surface area (Å²) in [6, 6.07) is 7.84. The number of aromatic nitrogens is 2. The molecule has 5 aliphatic rings. The molecule has 0 spiro atoms. The van der Waals surface area contributed by atoms with Gasteiger partial charge in [-0.3, -0.25) is 9.59 Å². The molecule has 2 unspecified atom stereocenters. The molecule has 1 N–H and O–H groups in total. The van der Waals surface area contributed by atoms with Crippen molar-refractivity contribution >= 4 is 28.6 Å². The van der Waals surface area contributed by atoms with Crippen molar-refractivity contribution in [2.75, 3.05) is 19.7 Å². The van der Waals surface area contributed by atoms with E-state index in [0.29, 0.717) is 48.0 Å². The van der Waals surface area contributed by atoms with E-state index in [2.05, 4.69) is 27.8 Å². The third-order valence-electron chi connectivity index (χ3n) is 9.52. The van der Waals surface area contributed by atoms with Crippen LogP contribution < -0.4 is 5.56 Å². The summed E-state index contributed by atoms with van der Waals surface area (Å²) in [5, 5.41) is 13.7. The van der Waals surface area contributed by atoms with E-state index in [9.17, 15) is 19.5 Å². The van der Waals surface area contributed by atoms with Crippen molar-refractivity contribution < 1.29 is 19.5 Å². The molecule has 216 valence electrons. The molecule has 2 aromatic rings. The van der Waals surface area contributed by atoms with Crippen molar-refractivity contribution in [3.05, 3.63) is 64.2 Å². The van der Waals surface area contributed by atoms with E-state index < -0.39 is 23.8 Å². The fraction of sp³-hybridized carbons (Fsp3) is 0.516. The number of piperidine rings is 2. The highest BCUT2D eigenvalue weighted by Crippen LogP contribution is 2.62. The van der Waals surface area contributed by atoms with E-state index in [-0.39, 0.29) is 17.6 Å². The van der Waals surface area contributed by atoms with Crippen LogP contribution in [-0.2, 0) is 14.4 Å². The first-order chi connectivity index (χ1) is 19.8. The van der Waals surface area contributed by atoms with E-state index in [4.69, 9.17) is 4.84 Å². The van der Waals surface area contributed by atoms with E-state index >= 15 is 0 Å². The zero-order valence-electron chi connectivity index (χ0n) is 23.7. The molecular formula is C31H37N5O5. The topological polar surface area (TPSA) is 117 Å². The Labute approximate surface area is 239 Å². The van der Waals surface area contributed by atoms with Gasteiger partial charge in [0.05, 0.1) is 11.0 Å². The lowest BCUT2D eigenvalue weighted by Gasteiger charge is -2.58. The molecule has 3 heterocycles. The Kier molecular flexibility index (Phi) is 7.17. The van der Waals surface area contributed by atoms with Crippen LogP contribution in [0, 0.1) is 11.8 Å². The number of carbonyl (C=O) groups excluding carboxylic acids is 1. The highest BCUT2D eigenvalue weighted by Gasteiger charge is 2.52. The Balaban J connectivity index is 1.32. The van der Waals surface area contributed by atoms with Crippen LogP contribution in [0.4, 0.5) is 0 Å². The highest BCUT2D eigenvalue weighted by atomic mass is 16.6. The number of oxime groups is 1. The number of amides is 1. The molecule has 0 radical (unpaired) electrons. The molecule has 4 bridgehead atoms. The van der Waals surface area contributed by atoms with Crippen molar-refractivity contribution in [1.82, 2.24) is 19.4 Å². The zero-order chi connectivity index (χ0) is 28.8. The van der Waals surface area contributed by atoms with Gasteiger partial charge in [-0.05, 0) is 70.1 Å². The number of aliphatic carboxylic acids is 1. The summed E-state index contributed by atoms with van der Waals surface area (Å²) in [6.07, 6.45) is 8.50. The minimum Gasteiger partial charge on any atom is -0.476 e. The number of rotatable bonds is 9. The maximum atomic E-state index is 14.0. The molecule has 10 nitrogen and oxygen atoms in total. The average Bonchev–Trinajstić information content (AvgIpc) is 2.93. The third kappa shape index (κ3) is 4.63. The number of likely N-dealkylation sites (N-methyl/N-ethyl adjacent to an activating group) is 1. The lowest BCUT2D eigenvalue weighted by atomic mass is 9.49. The molecule has 3 saturated carbocycles. The Morgan fingerprint density at radius 1 is 1.12 bits per heavy atom. The van der Waals surface area contributed by atoms with Crippen LogP contribution >= 0.6 is 0 Å². The first kappa shape index (κ1) is 27.2. The smallest absolute Gasteiger partial charge is 0.360 e. The number of nitrogens with zero attached hydrogens (tertiary/aromatic N) is 5. The molecule has 1 aromatic heterocycles. The quantitative estimate of drug-likeness (QED) is 0.283. The fourth-order valence-corrected chi connectivity index (χ4v) is 7.14. The molecule has 2 saturated heterocycles. The third-order valence-corrected chi connectivity index (χ3v) is 9.52. The van der Waals surface area contributed by atoms with E-state index in [1.807, 2.05) is 32.0 Å². The second kappa shape index (κ2) is 10.8. The predicted octanol–water partition coefficient (Wildman–Crippen LogP) is 3.72. The maximum absolute atomic E-state index is 14.0. The molecule has 1 amide bonds. The largest absolute Gasteiger partial charge is 0.476 e.